The highest BCUT2D eigenvalue weighted by Gasteiger charge is 2.25. The molecule has 1 aliphatic rings. The van der Waals surface area contributed by atoms with Crippen LogP contribution in [0, 0.1) is 11.6 Å². The summed E-state index contributed by atoms with van der Waals surface area (Å²) in [7, 11) is 1.85. The number of fused-ring (bicyclic) bond motifs is 1. The molecule has 0 saturated carbocycles. The van der Waals surface area contributed by atoms with Gasteiger partial charge in [-0.2, -0.15) is 5.10 Å². The van der Waals surface area contributed by atoms with Crippen molar-refractivity contribution in [2.24, 2.45) is 7.05 Å². The maximum absolute atomic E-state index is 14.9. The monoisotopic (exact) mass is 542 g/mol. The van der Waals surface area contributed by atoms with E-state index in [4.69, 9.17) is 0 Å². The summed E-state index contributed by atoms with van der Waals surface area (Å²) in [6.07, 6.45) is 7.04. The topological polar surface area (TPSA) is 92.9 Å². The van der Waals surface area contributed by atoms with E-state index in [0.717, 1.165) is 17.2 Å². The van der Waals surface area contributed by atoms with Gasteiger partial charge >= 0.3 is 6.03 Å². The molecule has 2 atom stereocenters. The number of aryl methyl sites for hydroxylation is 1. The van der Waals surface area contributed by atoms with Crippen molar-refractivity contribution in [1.29, 1.82) is 0 Å². The minimum absolute atomic E-state index is 0.157. The lowest BCUT2D eigenvalue weighted by atomic mass is 10.0. The molecule has 40 heavy (non-hydrogen) atoms. The maximum atomic E-state index is 14.9. The number of pyridine rings is 1. The Morgan fingerprint density at radius 2 is 1.77 bits per heavy atom. The quantitative estimate of drug-likeness (QED) is 0.334. The zero-order valence-corrected chi connectivity index (χ0v) is 22.3. The summed E-state index contributed by atoms with van der Waals surface area (Å²) in [6, 6.07) is 10.7. The van der Waals surface area contributed by atoms with E-state index in [1.54, 1.807) is 51.1 Å². The van der Waals surface area contributed by atoms with Crippen LogP contribution in [0.15, 0.2) is 67.4 Å². The third-order valence-electron chi connectivity index (χ3n) is 6.96. The molecular formula is C29H28F2N8O. The number of carbonyl (C=O) groups excluding carboxylic acids is 1. The number of urea groups is 1. The van der Waals surface area contributed by atoms with Crippen LogP contribution >= 0.6 is 0 Å². The third kappa shape index (κ3) is 5.03. The molecule has 0 spiro atoms. The number of rotatable bonds is 4. The van der Waals surface area contributed by atoms with Crippen LogP contribution in [0.3, 0.4) is 0 Å². The second kappa shape index (κ2) is 10.2. The lowest BCUT2D eigenvalue weighted by molar-refractivity contribution is 0.176. The number of benzene rings is 2. The number of hydrogen-bond donors (Lipinski definition) is 2. The van der Waals surface area contributed by atoms with Gasteiger partial charge in [0.2, 0.25) is 0 Å². The van der Waals surface area contributed by atoms with Gasteiger partial charge in [-0.25, -0.2) is 23.5 Å². The Morgan fingerprint density at radius 1 is 0.975 bits per heavy atom. The molecule has 0 radical (unpaired) electrons. The number of piperazine rings is 1. The fourth-order valence-electron chi connectivity index (χ4n) is 5.21. The zero-order valence-electron chi connectivity index (χ0n) is 22.3. The van der Waals surface area contributed by atoms with Gasteiger partial charge < -0.3 is 15.5 Å². The predicted molar refractivity (Wildman–Crippen MR) is 149 cm³/mol. The standard InChI is InChI=1S/C29H28F2N8O/c1-17-13-38(14-18(2)35-17)29(40)36-23-6-19(25-5-4-22(30)9-26(25)31)7-24(10-23)39-16-33-27-8-20(11-32-28(27)39)21-12-34-37(3)15-21/h4-12,15-18,35H,13-14H2,1-3H3,(H,36,40). The van der Waals surface area contributed by atoms with E-state index >= 15 is 0 Å². The van der Waals surface area contributed by atoms with Gasteiger partial charge in [0.15, 0.2) is 5.65 Å². The Labute approximate surface area is 229 Å². The van der Waals surface area contributed by atoms with Crippen LogP contribution in [0.5, 0.6) is 0 Å². The molecule has 6 rings (SSSR count). The Morgan fingerprint density at radius 3 is 2.50 bits per heavy atom. The van der Waals surface area contributed by atoms with Crippen molar-refractivity contribution in [3.8, 4) is 27.9 Å². The Kier molecular flexibility index (Phi) is 6.51. The molecule has 2 amide bonds. The highest BCUT2D eigenvalue weighted by Crippen LogP contribution is 2.31. The minimum Gasteiger partial charge on any atom is -0.321 e. The predicted octanol–water partition coefficient (Wildman–Crippen LogP) is 4.98. The van der Waals surface area contributed by atoms with E-state index in [1.807, 2.05) is 33.2 Å². The average molecular weight is 543 g/mol. The zero-order chi connectivity index (χ0) is 28.0. The van der Waals surface area contributed by atoms with Gasteiger partial charge in [0.25, 0.3) is 0 Å². The summed E-state index contributed by atoms with van der Waals surface area (Å²) >= 11 is 0. The first-order valence-corrected chi connectivity index (χ1v) is 13.0. The molecule has 204 valence electrons. The summed E-state index contributed by atoms with van der Waals surface area (Å²) in [5, 5.41) is 10.6. The number of aromatic nitrogens is 5. The molecule has 1 fully saturated rings. The fourth-order valence-corrected chi connectivity index (χ4v) is 5.21. The maximum Gasteiger partial charge on any atom is 0.321 e. The van der Waals surface area contributed by atoms with Crippen LogP contribution in [-0.4, -0.2) is 60.4 Å². The van der Waals surface area contributed by atoms with Crippen molar-refractivity contribution in [3.05, 3.63) is 79.0 Å². The number of anilines is 1. The van der Waals surface area contributed by atoms with Crippen LogP contribution in [0.4, 0.5) is 19.3 Å². The highest BCUT2D eigenvalue weighted by atomic mass is 19.1. The molecule has 4 heterocycles. The number of nitrogens with one attached hydrogen (secondary N) is 2. The average Bonchev–Trinajstić information content (AvgIpc) is 3.53. The summed E-state index contributed by atoms with van der Waals surface area (Å²) in [6.45, 7) is 5.18. The van der Waals surface area contributed by atoms with Crippen molar-refractivity contribution >= 4 is 22.9 Å². The van der Waals surface area contributed by atoms with Gasteiger partial charge in [0.05, 0.1) is 11.9 Å². The molecule has 2 N–H and O–H groups in total. The summed E-state index contributed by atoms with van der Waals surface area (Å²) in [4.78, 5) is 24.2. The number of carbonyl (C=O) groups is 1. The first kappa shape index (κ1) is 25.6. The summed E-state index contributed by atoms with van der Waals surface area (Å²) in [5.74, 6) is -1.36. The Hall–Kier alpha value is -4.64. The van der Waals surface area contributed by atoms with Gasteiger partial charge in [-0.3, -0.25) is 9.25 Å². The number of nitrogens with zero attached hydrogens (tertiary/aromatic N) is 6. The molecule has 0 bridgehead atoms. The van der Waals surface area contributed by atoms with Crippen LogP contribution in [0.1, 0.15) is 13.8 Å². The molecule has 1 saturated heterocycles. The third-order valence-corrected chi connectivity index (χ3v) is 6.96. The van der Waals surface area contributed by atoms with E-state index in [2.05, 4.69) is 25.7 Å². The molecule has 1 aliphatic heterocycles. The summed E-state index contributed by atoms with van der Waals surface area (Å²) in [5.41, 5.74) is 4.81. The van der Waals surface area contributed by atoms with Crippen LogP contribution in [0.25, 0.3) is 39.1 Å². The van der Waals surface area contributed by atoms with Crippen molar-refractivity contribution < 1.29 is 13.6 Å². The van der Waals surface area contributed by atoms with Gasteiger partial charge in [-0.05, 0) is 55.8 Å². The highest BCUT2D eigenvalue weighted by molar-refractivity contribution is 5.91. The largest absolute Gasteiger partial charge is 0.321 e. The molecule has 2 aromatic carbocycles. The Bertz CT molecular complexity index is 1720. The van der Waals surface area contributed by atoms with Gasteiger partial charge in [-0.1, -0.05) is 0 Å². The molecule has 5 aromatic rings. The Balaban J connectivity index is 1.41. The number of imidazole rings is 1. The van der Waals surface area contributed by atoms with E-state index in [1.165, 1.54) is 12.1 Å². The van der Waals surface area contributed by atoms with Gasteiger partial charge in [0.1, 0.15) is 23.5 Å². The first-order chi connectivity index (χ1) is 19.2. The van der Waals surface area contributed by atoms with E-state index in [-0.39, 0.29) is 23.7 Å². The smallest absolute Gasteiger partial charge is 0.321 e. The van der Waals surface area contributed by atoms with Crippen molar-refractivity contribution in [1.82, 2.24) is 34.5 Å². The first-order valence-electron chi connectivity index (χ1n) is 13.0. The lowest BCUT2D eigenvalue weighted by Crippen LogP contribution is -2.56. The SMILES string of the molecule is CC1CN(C(=O)Nc2cc(-c3ccc(F)cc3F)cc(-n3cnc4cc(-c5cnn(C)c5)cnc43)c2)CC(C)N1. The molecular weight excluding hydrogens is 514 g/mol. The van der Waals surface area contributed by atoms with Gasteiger partial charge in [-0.15, -0.1) is 0 Å². The van der Waals surface area contributed by atoms with Crippen molar-refractivity contribution in [3.63, 3.8) is 0 Å². The van der Waals surface area contributed by atoms with Crippen LogP contribution in [-0.2, 0) is 7.05 Å². The van der Waals surface area contributed by atoms with E-state index < -0.39 is 11.6 Å². The van der Waals surface area contributed by atoms with Gasteiger partial charge in [0, 0.05) is 73.1 Å². The second-order valence-electron chi connectivity index (χ2n) is 10.3. The van der Waals surface area contributed by atoms with E-state index in [9.17, 15) is 13.6 Å². The second-order valence-corrected chi connectivity index (χ2v) is 10.3. The number of halogens is 2. The fraction of sp³-hybridized carbons (Fsp3) is 0.241. The number of amides is 2. The molecule has 0 aliphatic carbocycles. The molecule has 2 unspecified atom stereocenters. The van der Waals surface area contributed by atoms with Crippen molar-refractivity contribution in [2.45, 2.75) is 25.9 Å². The minimum atomic E-state index is -0.700. The van der Waals surface area contributed by atoms with Crippen LogP contribution in [0.2, 0.25) is 0 Å². The lowest BCUT2D eigenvalue weighted by Gasteiger charge is -2.36. The summed E-state index contributed by atoms with van der Waals surface area (Å²) < 4.78 is 32.0. The van der Waals surface area contributed by atoms with Crippen LogP contribution < -0.4 is 10.6 Å². The molecule has 3 aromatic heterocycles. The normalized spacial score (nSPS) is 17.4. The molecule has 9 nitrogen and oxygen atoms in total. The van der Waals surface area contributed by atoms with Crippen molar-refractivity contribution in [2.75, 3.05) is 18.4 Å². The molecule has 11 heteroatoms. The van der Waals surface area contributed by atoms with E-state index in [0.29, 0.717) is 41.2 Å². The number of hydrogen-bond acceptors (Lipinski definition) is 5.